The monoisotopic (exact) mass is 784 g/mol. The Balaban J connectivity index is 1.04. The third-order valence-corrected chi connectivity index (χ3v) is 12.6. The van der Waals surface area contributed by atoms with Gasteiger partial charge in [0.15, 0.2) is 23.1 Å². The number of oxazole rings is 1. The van der Waals surface area contributed by atoms with Gasteiger partial charge < -0.3 is 4.42 Å². The van der Waals surface area contributed by atoms with Crippen LogP contribution in [0.1, 0.15) is 0 Å². The minimum Gasteiger partial charge on any atom is -0.436 e. The minimum absolute atomic E-state index is 0.602. The predicted molar refractivity (Wildman–Crippen MR) is 248 cm³/mol. The molecule has 0 fully saturated rings. The number of thiophene rings is 1. The van der Waals surface area contributed by atoms with Crippen molar-refractivity contribution in [1.29, 1.82) is 0 Å². The Kier molecular flexibility index (Phi) is 7.96. The van der Waals surface area contributed by atoms with Crippen LogP contribution in [0, 0.1) is 0 Å². The summed E-state index contributed by atoms with van der Waals surface area (Å²) in [4.78, 5) is 20.6. The second kappa shape index (κ2) is 13.9. The lowest BCUT2D eigenvalue weighted by Gasteiger charge is -2.14. The van der Waals surface area contributed by atoms with Crippen LogP contribution in [-0.4, -0.2) is 19.9 Å². The molecule has 0 N–H and O–H groups in total. The fourth-order valence-corrected chi connectivity index (χ4v) is 9.67. The van der Waals surface area contributed by atoms with Crippen molar-refractivity contribution in [2.45, 2.75) is 0 Å². The lowest BCUT2D eigenvalue weighted by atomic mass is 9.93. The van der Waals surface area contributed by atoms with Gasteiger partial charge in [-0.3, -0.25) is 0 Å². The molecule has 3 aromatic heterocycles. The van der Waals surface area contributed by atoms with Crippen molar-refractivity contribution in [3.63, 3.8) is 0 Å². The van der Waals surface area contributed by atoms with Gasteiger partial charge in [0.2, 0.25) is 5.89 Å². The van der Waals surface area contributed by atoms with Crippen LogP contribution in [0.2, 0.25) is 0 Å². The van der Waals surface area contributed by atoms with E-state index >= 15 is 0 Å². The molecule has 6 heteroatoms. The maximum atomic E-state index is 6.70. The highest BCUT2D eigenvalue weighted by atomic mass is 32.1. The van der Waals surface area contributed by atoms with E-state index in [0.29, 0.717) is 23.4 Å². The summed E-state index contributed by atoms with van der Waals surface area (Å²) in [5, 5.41) is 6.73. The quantitative estimate of drug-likeness (QED) is 0.168. The van der Waals surface area contributed by atoms with Crippen LogP contribution in [-0.2, 0) is 0 Å². The lowest BCUT2D eigenvalue weighted by molar-refractivity contribution is 0.620. The lowest BCUT2D eigenvalue weighted by Crippen LogP contribution is -2.00. The van der Waals surface area contributed by atoms with E-state index < -0.39 is 0 Å². The van der Waals surface area contributed by atoms with E-state index in [4.69, 9.17) is 24.4 Å². The van der Waals surface area contributed by atoms with Crippen molar-refractivity contribution in [1.82, 2.24) is 19.9 Å². The Bertz CT molecular complexity index is 3600. The smallest absolute Gasteiger partial charge is 0.227 e. The maximum absolute atomic E-state index is 6.70. The first kappa shape index (κ1) is 34.3. The second-order valence-electron chi connectivity index (χ2n) is 15.0. The highest BCUT2D eigenvalue weighted by Crippen LogP contribution is 2.47. The summed E-state index contributed by atoms with van der Waals surface area (Å²) < 4.78 is 9.08. The summed E-state index contributed by atoms with van der Waals surface area (Å²) in [7, 11) is 0. The van der Waals surface area contributed by atoms with E-state index in [1.807, 2.05) is 36.4 Å². The molecule has 0 aliphatic carbocycles. The molecule has 0 radical (unpaired) electrons. The van der Waals surface area contributed by atoms with E-state index in [1.165, 1.54) is 25.7 Å². The van der Waals surface area contributed by atoms with Gasteiger partial charge in [0.25, 0.3) is 0 Å². The first-order valence-electron chi connectivity index (χ1n) is 20.0. The molecular weight excluding hydrogens is 753 g/mol. The van der Waals surface area contributed by atoms with Crippen molar-refractivity contribution in [2.75, 3.05) is 0 Å². The SMILES string of the molecule is c1ccc(-c2ccc(-c3nc4c(cc(-c5ccc(-c6nc(-c7ccccc7)nc(-c7ccc8ccccc8c7)n6)c6ccccc56)c5sc6ccccc6c54)o3)cc2)cc1. The normalized spacial score (nSPS) is 11.7. The first-order valence-corrected chi connectivity index (χ1v) is 20.8. The molecular formula is C54H32N4OS. The molecule has 0 bridgehead atoms. The van der Waals surface area contributed by atoms with Gasteiger partial charge in [0, 0.05) is 48.0 Å². The fraction of sp³-hybridized carbons (Fsp3) is 0. The van der Waals surface area contributed by atoms with Crippen LogP contribution in [0.5, 0.6) is 0 Å². The highest BCUT2D eigenvalue weighted by molar-refractivity contribution is 7.26. The Labute approximate surface area is 348 Å². The molecule has 0 amide bonds. The van der Waals surface area contributed by atoms with E-state index in [-0.39, 0.29) is 0 Å². The summed E-state index contributed by atoms with van der Waals surface area (Å²) in [6, 6.07) is 67.5. The maximum Gasteiger partial charge on any atom is 0.227 e. The molecule has 5 nitrogen and oxygen atoms in total. The van der Waals surface area contributed by atoms with Gasteiger partial charge in [-0.2, -0.15) is 0 Å². The zero-order chi connectivity index (χ0) is 39.6. The third-order valence-electron chi connectivity index (χ3n) is 11.4. The van der Waals surface area contributed by atoms with E-state index in [1.54, 1.807) is 11.3 Å². The van der Waals surface area contributed by atoms with Gasteiger partial charge in [0.1, 0.15) is 5.52 Å². The average Bonchev–Trinajstić information content (AvgIpc) is 3.93. The highest BCUT2D eigenvalue weighted by Gasteiger charge is 2.22. The summed E-state index contributed by atoms with van der Waals surface area (Å²) in [6.07, 6.45) is 0. The molecule has 9 aromatic carbocycles. The van der Waals surface area contributed by atoms with Gasteiger partial charge in [0.05, 0.1) is 0 Å². The molecule has 0 atom stereocenters. The van der Waals surface area contributed by atoms with Gasteiger partial charge in [-0.05, 0) is 74.6 Å². The number of hydrogen-bond acceptors (Lipinski definition) is 6. The van der Waals surface area contributed by atoms with E-state index in [2.05, 4.69) is 158 Å². The van der Waals surface area contributed by atoms with Crippen molar-refractivity contribution in [3.05, 3.63) is 194 Å². The third kappa shape index (κ3) is 5.76. The van der Waals surface area contributed by atoms with Crippen LogP contribution in [0.15, 0.2) is 199 Å². The summed E-state index contributed by atoms with van der Waals surface area (Å²) in [5.74, 6) is 2.48. The van der Waals surface area contributed by atoms with Gasteiger partial charge in [-0.15, -0.1) is 11.3 Å². The van der Waals surface area contributed by atoms with E-state index in [0.717, 1.165) is 71.6 Å². The van der Waals surface area contributed by atoms with Crippen LogP contribution in [0.4, 0.5) is 0 Å². The average molecular weight is 785 g/mol. The zero-order valence-electron chi connectivity index (χ0n) is 32.1. The Morgan fingerprint density at radius 2 is 0.933 bits per heavy atom. The molecule has 0 aliphatic heterocycles. The van der Waals surface area contributed by atoms with Crippen molar-refractivity contribution >= 4 is 64.2 Å². The van der Waals surface area contributed by atoms with Crippen LogP contribution in [0.25, 0.3) is 121 Å². The van der Waals surface area contributed by atoms with Crippen LogP contribution in [0.3, 0.4) is 0 Å². The van der Waals surface area contributed by atoms with Gasteiger partial charge in [-0.25, -0.2) is 19.9 Å². The number of fused-ring (bicyclic) bond motifs is 7. The van der Waals surface area contributed by atoms with Gasteiger partial charge >= 0.3 is 0 Å². The second-order valence-corrected chi connectivity index (χ2v) is 16.0. The number of nitrogens with zero attached hydrogens (tertiary/aromatic N) is 4. The van der Waals surface area contributed by atoms with Crippen molar-refractivity contribution in [2.24, 2.45) is 0 Å². The molecule has 60 heavy (non-hydrogen) atoms. The molecule has 280 valence electrons. The standard InChI is InChI=1S/C54H32N4OS/c1-3-13-33(14-4-1)35-23-26-37(27-24-35)54-55-49-46(59-54)32-45(50-48(49)44-21-11-12-22-47(44)60-50)42-29-30-43(41-20-10-9-19-40(41)42)53-57-51(36-16-5-2-6-17-36)56-52(58-53)39-28-25-34-15-7-8-18-38(34)31-39/h1-32H. The molecule has 0 saturated heterocycles. The summed E-state index contributed by atoms with van der Waals surface area (Å²) in [6.45, 7) is 0. The summed E-state index contributed by atoms with van der Waals surface area (Å²) >= 11 is 1.80. The van der Waals surface area contributed by atoms with Gasteiger partial charge in [-0.1, -0.05) is 158 Å². The predicted octanol–water partition coefficient (Wildman–Crippen LogP) is 14.7. The Hall–Kier alpha value is -7.80. The molecule has 0 aliphatic rings. The molecule has 3 heterocycles. The Morgan fingerprint density at radius 3 is 1.72 bits per heavy atom. The summed E-state index contributed by atoms with van der Waals surface area (Å²) in [5.41, 5.74) is 9.89. The van der Waals surface area contributed by atoms with Crippen molar-refractivity contribution in [3.8, 4) is 67.9 Å². The molecule has 0 unspecified atom stereocenters. The zero-order valence-corrected chi connectivity index (χ0v) is 32.9. The first-order chi connectivity index (χ1) is 29.7. The Morgan fingerprint density at radius 1 is 0.367 bits per heavy atom. The fourth-order valence-electron chi connectivity index (χ4n) is 8.43. The largest absolute Gasteiger partial charge is 0.436 e. The van der Waals surface area contributed by atoms with E-state index in [9.17, 15) is 0 Å². The molecule has 12 rings (SSSR count). The number of benzene rings is 9. The van der Waals surface area contributed by atoms with Crippen LogP contribution >= 0.6 is 11.3 Å². The number of rotatable bonds is 6. The van der Waals surface area contributed by atoms with Crippen molar-refractivity contribution < 1.29 is 4.42 Å². The number of hydrogen-bond donors (Lipinski definition) is 0. The molecule has 0 saturated carbocycles. The topological polar surface area (TPSA) is 64.7 Å². The minimum atomic E-state index is 0.602. The van der Waals surface area contributed by atoms with Crippen LogP contribution < -0.4 is 0 Å². The number of aromatic nitrogens is 4. The molecule has 12 aromatic rings. The molecule has 0 spiro atoms.